The number of aliphatic hydroxyl groups is 1. The van der Waals surface area contributed by atoms with Gasteiger partial charge in [0.2, 0.25) is 0 Å². The average molecular weight is 193 g/mol. The van der Waals surface area contributed by atoms with E-state index in [1.54, 1.807) is 0 Å². The Labute approximate surface area is 83.5 Å². The number of hydrogen-bond donors (Lipinski definition) is 2. The molecule has 1 aliphatic heterocycles. The van der Waals surface area contributed by atoms with Crippen LogP contribution in [-0.4, -0.2) is 18.3 Å². The molecule has 1 atom stereocenters. The molecule has 0 aliphatic carbocycles. The van der Waals surface area contributed by atoms with Crippen molar-refractivity contribution in [2.75, 3.05) is 13.2 Å². The number of aliphatic hydroxyl groups excluding tert-OH is 1. The van der Waals surface area contributed by atoms with E-state index < -0.39 is 5.54 Å². The van der Waals surface area contributed by atoms with Crippen molar-refractivity contribution in [1.82, 2.24) is 0 Å². The SMILES string of the molecule is CC(N)(CO)c1cccc2c1OCC2. The summed E-state index contributed by atoms with van der Waals surface area (Å²) in [5, 5.41) is 9.20. The fourth-order valence-electron chi connectivity index (χ4n) is 1.75. The zero-order valence-corrected chi connectivity index (χ0v) is 8.29. The van der Waals surface area contributed by atoms with Gasteiger partial charge in [0.25, 0.3) is 0 Å². The number of para-hydroxylation sites is 1. The summed E-state index contributed by atoms with van der Waals surface area (Å²) in [6.07, 6.45) is 0.935. The predicted octanol–water partition coefficient (Wildman–Crippen LogP) is 0.788. The smallest absolute Gasteiger partial charge is 0.127 e. The fourth-order valence-corrected chi connectivity index (χ4v) is 1.75. The van der Waals surface area contributed by atoms with Gasteiger partial charge < -0.3 is 15.6 Å². The zero-order valence-electron chi connectivity index (χ0n) is 8.29. The van der Waals surface area contributed by atoms with Gasteiger partial charge in [0.1, 0.15) is 5.75 Å². The fraction of sp³-hybridized carbons (Fsp3) is 0.455. The van der Waals surface area contributed by atoms with Crippen LogP contribution in [0.15, 0.2) is 18.2 Å². The summed E-state index contributed by atoms with van der Waals surface area (Å²) < 4.78 is 5.53. The maximum atomic E-state index is 9.20. The molecular formula is C11H15NO2. The van der Waals surface area contributed by atoms with Crippen LogP contribution in [0.25, 0.3) is 0 Å². The van der Waals surface area contributed by atoms with Crippen molar-refractivity contribution >= 4 is 0 Å². The van der Waals surface area contributed by atoms with E-state index in [-0.39, 0.29) is 6.61 Å². The van der Waals surface area contributed by atoms with Crippen LogP contribution in [0.4, 0.5) is 0 Å². The summed E-state index contributed by atoms with van der Waals surface area (Å²) in [6, 6.07) is 5.92. The van der Waals surface area contributed by atoms with Crippen LogP contribution in [0.3, 0.4) is 0 Å². The van der Waals surface area contributed by atoms with E-state index in [2.05, 4.69) is 0 Å². The van der Waals surface area contributed by atoms with Crippen molar-refractivity contribution in [3.63, 3.8) is 0 Å². The normalized spacial score (nSPS) is 18.5. The summed E-state index contributed by atoms with van der Waals surface area (Å²) in [7, 11) is 0. The Morgan fingerprint density at radius 2 is 2.36 bits per heavy atom. The van der Waals surface area contributed by atoms with Gasteiger partial charge in [-0.05, 0) is 12.5 Å². The van der Waals surface area contributed by atoms with Gasteiger partial charge >= 0.3 is 0 Å². The largest absolute Gasteiger partial charge is 0.493 e. The number of rotatable bonds is 2. The first-order valence-electron chi connectivity index (χ1n) is 4.80. The molecular weight excluding hydrogens is 178 g/mol. The maximum absolute atomic E-state index is 9.20. The van der Waals surface area contributed by atoms with Crippen molar-refractivity contribution in [1.29, 1.82) is 0 Å². The van der Waals surface area contributed by atoms with Gasteiger partial charge in [-0.2, -0.15) is 0 Å². The van der Waals surface area contributed by atoms with Crippen LogP contribution >= 0.6 is 0 Å². The molecule has 0 radical (unpaired) electrons. The van der Waals surface area contributed by atoms with E-state index >= 15 is 0 Å². The standard InChI is InChI=1S/C11H15NO2/c1-11(12,7-13)9-4-2-3-8-5-6-14-10(8)9/h2-4,13H,5-7,12H2,1H3. The second kappa shape index (κ2) is 3.26. The third-order valence-corrected chi connectivity index (χ3v) is 2.66. The van der Waals surface area contributed by atoms with Crippen molar-refractivity contribution in [2.45, 2.75) is 18.9 Å². The molecule has 76 valence electrons. The summed E-state index contributed by atoms with van der Waals surface area (Å²) >= 11 is 0. The first-order valence-corrected chi connectivity index (χ1v) is 4.80. The molecule has 2 rings (SSSR count). The molecule has 0 spiro atoms. The molecule has 14 heavy (non-hydrogen) atoms. The lowest BCUT2D eigenvalue weighted by molar-refractivity contribution is 0.206. The lowest BCUT2D eigenvalue weighted by Gasteiger charge is -2.24. The van der Waals surface area contributed by atoms with Crippen LogP contribution < -0.4 is 10.5 Å². The molecule has 0 bridgehead atoms. The van der Waals surface area contributed by atoms with Gasteiger partial charge in [0.05, 0.1) is 18.8 Å². The number of benzene rings is 1. The topological polar surface area (TPSA) is 55.5 Å². The number of fused-ring (bicyclic) bond motifs is 1. The van der Waals surface area contributed by atoms with Gasteiger partial charge in [0.15, 0.2) is 0 Å². The van der Waals surface area contributed by atoms with E-state index in [9.17, 15) is 5.11 Å². The zero-order chi connectivity index (χ0) is 10.2. The first-order chi connectivity index (χ1) is 6.65. The average Bonchev–Trinajstić information content (AvgIpc) is 2.64. The van der Waals surface area contributed by atoms with E-state index in [1.165, 1.54) is 5.56 Å². The van der Waals surface area contributed by atoms with Gasteiger partial charge in [-0.25, -0.2) is 0 Å². The molecule has 0 saturated heterocycles. The van der Waals surface area contributed by atoms with Crippen LogP contribution in [0.5, 0.6) is 5.75 Å². The summed E-state index contributed by atoms with van der Waals surface area (Å²) in [5.41, 5.74) is 7.35. The molecule has 1 aromatic carbocycles. The van der Waals surface area contributed by atoms with Crippen LogP contribution in [0.1, 0.15) is 18.1 Å². The van der Waals surface area contributed by atoms with E-state index in [0.717, 1.165) is 17.7 Å². The Morgan fingerprint density at radius 1 is 1.57 bits per heavy atom. The van der Waals surface area contributed by atoms with Gasteiger partial charge in [-0.1, -0.05) is 18.2 Å². The highest BCUT2D eigenvalue weighted by Gasteiger charge is 2.27. The molecule has 0 saturated carbocycles. The monoisotopic (exact) mass is 193 g/mol. The molecule has 1 heterocycles. The summed E-state index contributed by atoms with van der Waals surface area (Å²) in [4.78, 5) is 0. The Kier molecular flexibility index (Phi) is 2.21. The molecule has 3 N–H and O–H groups in total. The van der Waals surface area contributed by atoms with Crippen molar-refractivity contribution in [2.24, 2.45) is 5.73 Å². The number of nitrogens with two attached hydrogens (primary N) is 1. The minimum atomic E-state index is -0.713. The van der Waals surface area contributed by atoms with Crippen LogP contribution in [-0.2, 0) is 12.0 Å². The quantitative estimate of drug-likeness (QED) is 0.730. The highest BCUT2D eigenvalue weighted by atomic mass is 16.5. The molecule has 3 heteroatoms. The van der Waals surface area contributed by atoms with Crippen LogP contribution in [0.2, 0.25) is 0 Å². The molecule has 1 unspecified atom stereocenters. The number of ether oxygens (including phenoxy) is 1. The third kappa shape index (κ3) is 1.38. The van der Waals surface area contributed by atoms with Crippen molar-refractivity contribution in [3.8, 4) is 5.75 Å². The second-order valence-electron chi connectivity index (χ2n) is 3.97. The van der Waals surface area contributed by atoms with Crippen molar-refractivity contribution < 1.29 is 9.84 Å². The van der Waals surface area contributed by atoms with Gasteiger partial charge in [-0.15, -0.1) is 0 Å². The number of hydrogen-bond acceptors (Lipinski definition) is 3. The Balaban J connectivity index is 2.49. The molecule has 0 aromatic heterocycles. The summed E-state index contributed by atoms with van der Waals surface area (Å²) in [5.74, 6) is 0.867. The minimum absolute atomic E-state index is 0.0766. The molecule has 0 fully saturated rings. The first kappa shape index (κ1) is 9.49. The minimum Gasteiger partial charge on any atom is -0.493 e. The van der Waals surface area contributed by atoms with E-state index in [0.29, 0.717) is 6.61 Å². The maximum Gasteiger partial charge on any atom is 0.127 e. The Hall–Kier alpha value is -1.06. The molecule has 1 aromatic rings. The lowest BCUT2D eigenvalue weighted by atomic mass is 9.91. The third-order valence-electron chi connectivity index (χ3n) is 2.66. The van der Waals surface area contributed by atoms with Crippen molar-refractivity contribution in [3.05, 3.63) is 29.3 Å². The Morgan fingerprint density at radius 3 is 3.07 bits per heavy atom. The molecule has 0 amide bonds. The Bertz CT molecular complexity index is 347. The summed E-state index contributed by atoms with van der Waals surface area (Å²) in [6.45, 7) is 2.45. The highest BCUT2D eigenvalue weighted by molar-refractivity contribution is 5.47. The van der Waals surface area contributed by atoms with Crippen LogP contribution in [0, 0.1) is 0 Å². The predicted molar refractivity (Wildman–Crippen MR) is 54.3 cm³/mol. The van der Waals surface area contributed by atoms with Gasteiger partial charge in [-0.3, -0.25) is 0 Å². The lowest BCUT2D eigenvalue weighted by Crippen LogP contribution is -2.37. The van der Waals surface area contributed by atoms with E-state index in [4.69, 9.17) is 10.5 Å². The highest BCUT2D eigenvalue weighted by Crippen LogP contribution is 2.34. The van der Waals surface area contributed by atoms with Gasteiger partial charge in [0, 0.05) is 12.0 Å². The second-order valence-corrected chi connectivity index (χ2v) is 3.97. The van der Waals surface area contributed by atoms with E-state index in [1.807, 2.05) is 25.1 Å². The molecule has 3 nitrogen and oxygen atoms in total. The molecule has 1 aliphatic rings.